The zero-order valence-electron chi connectivity index (χ0n) is 8.86. The minimum atomic E-state index is -0.905. The lowest BCUT2D eigenvalue weighted by Crippen LogP contribution is -2.00. The molecule has 4 nitrogen and oxygen atoms in total. The summed E-state index contributed by atoms with van der Waals surface area (Å²) in [6.07, 6.45) is 3.65. The van der Waals surface area contributed by atoms with Crippen LogP contribution in [0.1, 0.15) is 22.3 Å². The van der Waals surface area contributed by atoms with E-state index in [4.69, 9.17) is 10.8 Å². The Bertz CT molecular complexity index is 517. The van der Waals surface area contributed by atoms with Gasteiger partial charge in [0.15, 0.2) is 0 Å². The van der Waals surface area contributed by atoms with E-state index in [2.05, 4.69) is 4.98 Å². The molecule has 1 heterocycles. The van der Waals surface area contributed by atoms with Gasteiger partial charge in [0.25, 0.3) is 0 Å². The summed E-state index contributed by atoms with van der Waals surface area (Å²) in [7, 11) is 0. The number of aromatic amines is 1. The van der Waals surface area contributed by atoms with Crippen LogP contribution in [0, 0.1) is 0 Å². The summed E-state index contributed by atoms with van der Waals surface area (Å²) in [5.41, 5.74) is 7.60. The van der Waals surface area contributed by atoms with Crippen molar-refractivity contribution in [2.45, 2.75) is 12.8 Å². The minimum absolute atomic E-state index is 0.316. The van der Waals surface area contributed by atoms with Crippen LogP contribution in [-0.2, 0) is 6.42 Å². The van der Waals surface area contributed by atoms with Gasteiger partial charge in [-0.05, 0) is 31.0 Å². The van der Waals surface area contributed by atoms with Crippen LogP contribution < -0.4 is 5.73 Å². The number of benzene rings is 1. The van der Waals surface area contributed by atoms with Crippen LogP contribution in [0.5, 0.6) is 0 Å². The van der Waals surface area contributed by atoms with E-state index in [1.165, 1.54) is 0 Å². The number of nitrogens with one attached hydrogen (secondary N) is 1. The second-order valence-corrected chi connectivity index (χ2v) is 3.74. The van der Waals surface area contributed by atoms with Crippen molar-refractivity contribution in [2.24, 2.45) is 5.73 Å². The van der Waals surface area contributed by atoms with Gasteiger partial charge in [-0.1, -0.05) is 12.1 Å². The lowest BCUT2D eigenvalue weighted by molar-refractivity contribution is 0.0699. The van der Waals surface area contributed by atoms with E-state index in [1.807, 2.05) is 12.3 Å². The molecule has 0 spiro atoms. The van der Waals surface area contributed by atoms with Crippen molar-refractivity contribution in [3.8, 4) is 0 Å². The zero-order valence-corrected chi connectivity index (χ0v) is 8.86. The molecule has 1 aromatic carbocycles. The van der Waals surface area contributed by atoms with E-state index in [1.54, 1.807) is 12.1 Å². The molecule has 0 aliphatic carbocycles. The maximum Gasteiger partial charge on any atom is 0.337 e. The van der Waals surface area contributed by atoms with Gasteiger partial charge in [-0.25, -0.2) is 4.79 Å². The maximum atomic E-state index is 11.0. The van der Waals surface area contributed by atoms with Crippen molar-refractivity contribution in [3.63, 3.8) is 0 Å². The van der Waals surface area contributed by atoms with Crippen molar-refractivity contribution in [3.05, 3.63) is 35.5 Å². The fourth-order valence-electron chi connectivity index (χ4n) is 1.89. The first kappa shape index (κ1) is 10.7. The highest BCUT2D eigenvalue weighted by molar-refractivity contribution is 6.02. The number of rotatable bonds is 4. The Labute approximate surface area is 93.1 Å². The Morgan fingerprint density at radius 3 is 2.94 bits per heavy atom. The largest absolute Gasteiger partial charge is 0.478 e. The highest BCUT2D eigenvalue weighted by Gasteiger charge is 2.11. The average Bonchev–Trinajstić information content (AvgIpc) is 2.69. The van der Waals surface area contributed by atoms with Gasteiger partial charge >= 0.3 is 5.97 Å². The molecule has 4 heteroatoms. The number of fused-ring (bicyclic) bond motifs is 1. The van der Waals surface area contributed by atoms with Crippen LogP contribution in [0.3, 0.4) is 0 Å². The summed E-state index contributed by atoms with van der Waals surface area (Å²) < 4.78 is 0. The van der Waals surface area contributed by atoms with Crippen LogP contribution in [0.15, 0.2) is 24.4 Å². The second-order valence-electron chi connectivity index (χ2n) is 3.74. The van der Waals surface area contributed by atoms with Crippen LogP contribution in [0.25, 0.3) is 10.9 Å². The molecule has 0 bridgehead atoms. The van der Waals surface area contributed by atoms with Crippen molar-refractivity contribution in [1.82, 2.24) is 4.98 Å². The minimum Gasteiger partial charge on any atom is -0.478 e. The molecule has 2 rings (SSSR count). The normalized spacial score (nSPS) is 10.8. The molecule has 0 aliphatic rings. The predicted molar refractivity (Wildman–Crippen MR) is 62.6 cm³/mol. The fraction of sp³-hybridized carbons (Fsp3) is 0.250. The van der Waals surface area contributed by atoms with E-state index in [-0.39, 0.29) is 0 Å². The number of para-hydroxylation sites is 1. The summed E-state index contributed by atoms with van der Waals surface area (Å²) in [6, 6.07) is 5.31. The smallest absolute Gasteiger partial charge is 0.337 e. The summed E-state index contributed by atoms with van der Waals surface area (Å²) >= 11 is 0. The predicted octanol–water partition coefficient (Wildman–Crippen LogP) is 1.76. The van der Waals surface area contributed by atoms with Crippen molar-refractivity contribution < 1.29 is 9.90 Å². The van der Waals surface area contributed by atoms with E-state index in [0.29, 0.717) is 17.6 Å². The first-order chi connectivity index (χ1) is 7.74. The van der Waals surface area contributed by atoms with E-state index in [9.17, 15) is 4.79 Å². The van der Waals surface area contributed by atoms with Crippen LogP contribution in [0.2, 0.25) is 0 Å². The van der Waals surface area contributed by atoms with Gasteiger partial charge < -0.3 is 15.8 Å². The third kappa shape index (κ3) is 1.79. The molecule has 0 unspecified atom stereocenters. The lowest BCUT2D eigenvalue weighted by Gasteiger charge is -1.99. The molecule has 0 saturated heterocycles. The molecule has 0 saturated carbocycles. The Morgan fingerprint density at radius 1 is 1.44 bits per heavy atom. The number of hydrogen-bond donors (Lipinski definition) is 3. The topological polar surface area (TPSA) is 79.1 Å². The molecule has 1 aromatic heterocycles. The quantitative estimate of drug-likeness (QED) is 0.731. The molecule has 0 aliphatic heterocycles. The summed E-state index contributed by atoms with van der Waals surface area (Å²) in [4.78, 5) is 14.0. The van der Waals surface area contributed by atoms with E-state index >= 15 is 0 Å². The van der Waals surface area contributed by atoms with Gasteiger partial charge in [0.05, 0.1) is 11.1 Å². The van der Waals surface area contributed by atoms with Crippen LogP contribution >= 0.6 is 0 Å². The van der Waals surface area contributed by atoms with E-state index in [0.717, 1.165) is 23.8 Å². The number of aromatic carboxylic acids is 1. The first-order valence-corrected chi connectivity index (χ1v) is 5.26. The number of aryl methyl sites for hydroxylation is 1. The number of hydrogen-bond acceptors (Lipinski definition) is 2. The molecule has 16 heavy (non-hydrogen) atoms. The van der Waals surface area contributed by atoms with E-state index < -0.39 is 5.97 Å². The number of carbonyl (C=O) groups is 1. The SMILES string of the molecule is NCCCc1c[nH]c2c(C(=O)O)cccc12. The fourth-order valence-corrected chi connectivity index (χ4v) is 1.89. The Hall–Kier alpha value is -1.81. The molecule has 84 valence electrons. The molecular weight excluding hydrogens is 204 g/mol. The number of carboxylic acids is 1. The van der Waals surface area contributed by atoms with Gasteiger partial charge in [-0.15, -0.1) is 0 Å². The molecule has 0 fully saturated rings. The number of nitrogens with two attached hydrogens (primary N) is 1. The Kier molecular flexibility index (Phi) is 2.92. The molecule has 0 radical (unpaired) electrons. The monoisotopic (exact) mass is 218 g/mol. The Balaban J connectivity index is 2.48. The third-order valence-corrected chi connectivity index (χ3v) is 2.68. The van der Waals surface area contributed by atoms with Gasteiger partial charge in [0, 0.05) is 11.6 Å². The summed E-state index contributed by atoms with van der Waals surface area (Å²) in [6.45, 7) is 0.644. The van der Waals surface area contributed by atoms with Crippen molar-refractivity contribution in [2.75, 3.05) is 6.54 Å². The molecule has 2 aromatic rings. The molecule has 0 amide bonds. The van der Waals surface area contributed by atoms with Crippen LogP contribution in [-0.4, -0.2) is 22.6 Å². The van der Waals surface area contributed by atoms with Gasteiger partial charge in [0.2, 0.25) is 0 Å². The lowest BCUT2D eigenvalue weighted by atomic mass is 10.1. The average molecular weight is 218 g/mol. The van der Waals surface area contributed by atoms with Gasteiger partial charge in [-0.3, -0.25) is 0 Å². The first-order valence-electron chi connectivity index (χ1n) is 5.26. The highest BCUT2D eigenvalue weighted by atomic mass is 16.4. The molecule has 4 N–H and O–H groups in total. The van der Waals surface area contributed by atoms with Gasteiger partial charge in [0.1, 0.15) is 0 Å². The summed E-state index contributed by atoms with van der Waals surface area (Å²) in [5, 5.41) is 10.0. The Morgan fingerprint density at radius 2 is 2.25 bits per heavy atom. The standard InChI is InChI=1S/C12H14N2O2/c13-6-2-3-8-7-14-11-9(8)4-1-5-10(11)12(15)16/h1,4-5,7,14H,2-3,6,13H2,(H,15,16). The van der Waals surface area contributed by atoms with Crippen molar-refractivity contribution in [1.29, 1.82) is 0 Å². The number of H-pyrrole nitrogens is 1. The number of aromatic nitrogens is 1. The van der Waals surface area contributed by atoms with Crippen molar-refractivity contribution >= 4 is 16.9 Å². The zero-order chi connectivity index (χ0) is 11.5. The highest BCUT2D eigenvalue weighted by Crippen LogP contribution is 2.22. The maximum absolute atomic E-state index is 11.0. The third-order valence-electron chi connectivity index (χ3n) is 2.68. The summed E-state index contributed by atoms with van der Waals surface area (Å²) in [5.74, 6) is -0.905. The van der Waals surface area contributed by atoms with Gasteiger partial charge in [-0.2, -0.15) is 0 Å². The molecular formula is C12H14N2O2. The second kappa shape index (κ2) is 4.37. The van der Waals surface area contributed by atoms with Crippen LogP contribution in [0.4, 0.5) is 0 Å². The number of carboxylic acid groups (broad SMARTS) is 1. The molecule has 0 atom stereocenters.